The summed E-state index contributed by atoms with van der Waals surface area (Å²) in [6, 6.07) is 4.50. The van der Waals surface area contributed by atoms with Crippen molar-refractivity contribution < 1.29 is 14.7 Å². The number of nitrogens with one attached hydrogen (secondary N) is 1. The fourth-order valence-corrected chi connectivity index (χ4v) is 2.69. The number of aromatic nitrogens is 1. The predicted molar refractivity (Wildman–Crippen MR) is 78.5 cm³/mol. The van der Waals surface area contributed by atoms with Crippen LogP contribution in [0, 0.1) is 0 Å². The van der Waals surface area contributed by atoms with Gasteiger partial charge in [-0.2, -0.15) is 0 Å². The second-order valence-corrected chi connectivity index (χ2v) is 5.14. The smallest absolute Gasteiger partial charge is 0.335 e. The van der Waals surface area contributed by atoms with Gasteiger partial charge in [0.15, 0.2) is 5.13 Å². The topological polar surface area (TPSA) is 82.5 Å². The Hall–Kier alpha value is -2.15. The number of carboxylic acids is 1. The number of fused-ring (bicyclic) bond motifs is 1. The molecular weight excluding hydrogens is 278 g/mol. The van der Waals surface area contributed by atoms with E-state index in [1.54, 1.807) is 17.0 Å². The average molecular weight is 293 g/mol. The van der Waals surface area contributed by atoms with Crippen LogP contribution in [0.3, 0.4) is 0 Å². The summed E-state index contributed by atoms with van der Waals surface area (Å²) in [6.07, 6.45) is 0. The molecule has 7 heteroatoms. The number of benzene rings is 1. The number of carboxylic acid groups (broad SMARTS) is 1. The summed E-state index contributed by atoms with van der Waals surface area (Å²) in [5, 5.41) is 12.1. The molecule has 0 saturated carbocycles. The number of nitrogens with zero attached hydrogens (tertiary/aromatic N) is 2. The van der Waals surface area contributed by atoms with E-state index < -0.39 is 5.97 Å². The molecule has 0 spiro atoms. The van der Waals surface area contributed by atoms with Crippen molar-refractivity contribution in [1.29, 1.82) is 0 Å². The number of aromatic carboxylic acids is 1. The van der Waals surface area contributed by atoms with Crippen molar-refractivity contribution in [1.82, 2.24) is 9.88 Å². The molecule has 0 aliphatic rings. The molecule has 20 heavy (non-hydrogen) atoms. The van der Waals surface area contributed by atoms with E-state index in [0.29, 0.717) is 23.7 Å². The normalized spacial score (nSPS) is 10.5. The van der Waals surface area contributed by atoms with Gasteiger partial charge >= 0.3 is 12.0 Å². The Kier molecular flexibility index (Phi) is 4.19. The lowest BCUT2D eigenvalue weighted by atomic mass is 10.2. The van der Waals surface area contributed by atoms with Gasteiger partial charge in [-0.25, -0.2) is 14.6 Å². The van der Waals surface area contributed by atoms with E-state index in [1.807, 2.05) is 13.8 Å². The highest BCUT2D eigenvalue weighted by molar-refractivity contribution is 7.22. The Bertz CT molecular complexity index is 649. The standard InChI is InChI=1S/C13H15N3O3S/c1-3-16(4-2)13(19)15-12-14-9-6-5-8(11(17)18)7-10(9)20-12/h5-7H,3-4H2,1-2H3,(H,17,18)(H,14,15,19). The molecule has 1 heterocycles. The van der Waals surface area contributed by atoms with Gasteiger partial charge in [-0.15, -0.1) is 0 Å². The molecule has 0 aliphatic carbocycles. The van der Waals surface area contributed by atoms with Crippen LogP contribution >= 0.6 is 11.3 Å². The van der Waals surface area contributed by atoms with E-state index in [9.17, 15) is 9.59 Å². The highest BCUT2D eigenvalue weighted by atomic mass is 32.1. The Morgan fingerprint density at radius 3 is 2.65 bits per heavy atom. The Morgan fingerprint density at radius 1 is 1.35 bits per heavy atom. The van der Waals surface area contributed by atoms with Gasteiger partial charge in [-0.3, -0.25) is 5.32 Å². The molecule has 2 aromatic rings. The van der Waals surface area contributed by atoms with Crippen molar-refractivity contribution in [3.8, 4) is 0 Å². The molecule has 1 aromatic heterocycles. The lowest BCUT2D eigenvalue weighted by Crippen LogP contribution is -2.34. The van der Waals surface area contributed by atoms with Crippen LogP contribution in [0.15, 0.2) is 18.2 Å². The summed E-state index contributed by atoms with van der Waals surface area (Å²) in [4.78, 5) is 28.7. The molecule has 2 amide bonds. The maximum atomic E-state index is 11.9. The summed E-state index contributed by atoms with van der Waals surface area (Å²) in [6.45, 7) is 5.05. The Morgan fingerprint density at radius 2 is 2.05 bits per heavy atom. The van der Waals surface area contributed by atoms with Crippen LogP contribution in [-0.2, 0) is 0 Å². The quantitative estimate of drug-likeness (QED) is 0.908. The molecule has 0 radical (unpaired) electrons. The fraction of sp³-hybridized carbons (Fsp3) is 0.308. The second kappa shape index (κ2) is 5.87. The van der Waals surface area contributed by atoms with Crippen molar-refractivity contribution in [2.75, 3.05) is 18.4 Å². The van der Waals surface area contributed by atoms with Gasteiger partial charge in [-0.1, -0.05) is 11.3 Å². The summed E-state index contributed by atoms with van der Waals surface area (Å²) in [7, 11) is 0. The van der Waals surface area contributed by atoms with Crippen molar-refractivity contribution >= 4 is 38.7 Å². The van der Waals surface area contributed by atoms with E-state index in [1.165, 1.54) is 17.4 Å². The number of hydrogen-bond acceptors (Lipinski definition) is 4. The van der Waals surface area contributed by atoms with Gasteiger partial charge in [0.2, 0.25) is 0 Å². The first kappa shape index (κ1) is 14.3. The third-order valence-corrected chi connectivity index (χ3v) is 3.83. The van der Waals surface area contributed by atoms with E-state index in [2.05, 4.69) is 10.3 Å². The number of urea groups is 1. The van der Waals surface area contributed by atoms with Crippen molar-refractivity contribution in [2.45, 2.75) is 13.8 Å². The van der Waals surface area contributed by atoms with E-state index >= 15 is 0 Å². The maximum Gasteiger partial charge on any atom is 0.335 e. The molecule has 2 N–H and O–H groups in total. The highest BCUT2D eigenvalue weighted by Gasteiger charge is 2.13. The second-order valence-electron chi connectivity index (χ2n) is 4.11. The number of carbonyl (C=O) groups is 2. The lowest BCUT2D eigenvalue weighted by Gasteiger charge is -2.17. The van der Waals surface area contributed by atoms with Crippen LogP contribution in [-0.4, -0.2) is 40.1 Å². The van der Waals surface area contributed by atoms with Crippen LogP contribution < -0.4 is 5.32 Å². The number of hydrogen-bond donors (Lipinski definition) is 2. The first-order chi connectivity index (χ1) is 9.55. The zero-order valence-electron chi connectivity index (χ0n) is 11.2. The van der Waals surface area contributed by atoms with Crippen LogP contribution in [0.5, 0.6) is 0 Å². The monoisotopic (exact) mass is 293 g/mol. The van der Waals surface area contributed by atoms with Crippen molar-refractivity contribution in [3.63, 3.8) is 0 Å². The largest absolute Gasteiger partial charge is 0.478 e. The van der Waals surface area contributed by atoms with Gasteiger partial charge in [0.25, 0.3) is 0 Å². The molecule has 0 fully saturated rings. The zero-order valence-corrected chi connectivity index (χ0v) is 12.0. The summed E-state index contributed by atoms with van der Waals surface area (Å²) >= 11 is 1.26. The molecule has 0 aliphatic heterocycles. The minimum Gasteiger partial charge on any atom is -0.478 e. The maximum absolute atomic E-state index is 11.9. The Balaban J connectivity index is 2.24. The van der Waals surface area contributed by atoms with E-state index in [-0.39, 0.29) is 11.6 Å². The molecule has 0 atom stereocenters. The number of carbonyl (C=O) groups excluding carboxylic acids is 1. The molecule has 2 rings (SSSR count). The number of anilines is 1. The highest BCUT2D eigenvalue weighted by Crippen LogP contribution is 2.27. The third-order valence-electron chi connectivity index (χ3n) is 2.90. The van der Waals surface area contributed by atoms with Gasteiger partial charge in [0.1, 0.15) is 0 Å². The van der Waals surface area contributed by atoms with Crippen LogP contribution in [0.2, 0.25) is 0 Å². The predicted octanol–water partition coefficient (Wildman–Crippen LogP) is 2.87. The van der Waals surface area contributed by atoms with Crippen LogP contribution in [0.4, 0.5) is 9.93 Å². The lowest BCUT2D eigenvalue weighted by molar-refractivity contribution is 0.0697. The van der Waals surface area contributed by atoms with E-state index in [4.69, 9.17) is 5.11 Å². The molecule has 106 valence electrons. The molecule has 0 bridgehead atoms. The van der Waals surface area contributed by atoms with Crippen molar-refractivity contribution in [3.05, 3.63) is 23.8 Å². The number of thiazole rings is 1. The van der Waals surface area contributed by atoms with Gasteiger partial charge < -0.3 is 10.0 Å². The molecule has 6 nitrogen and oxygen atoms in total. The molecule has 0 unspecified atom stereocenters. The van der Waals surface area contributed by atoms with E-state index in [0.717, 1.165) is 4.70 Å². The first-order valence-corrected chi connectivity index (χ1v) is 7.06. The Labute approximate surface area is 120 Å². The molecule has 1 aromatic carbocycles. The SMILES string of the molecule is CCN(CC)C(=O)Nc1nc2ccc(C(=O)O)cc2s1. The number of amides is 2. The summed E-state index contributed by atoms with van der Waals surface area (Å²) < 4.78 is 0.736. The molecular formula is C13H15N3O3S. The number of rotatable bonds is 4. The van der Waals surface area contributed by atoms with Gasteiger partial charge in [0.05, 0.1) is 15.8 Å². The zero-order chi connectivity index (χ0) is 14.7. The first-order valence-electron chi connectivity index (χ1n) is 6.25. The van der Waals surface area contributed by atoms with Gasteiger partial charge in [0, 0.05) is 13.1 Å². The van der Waals surface area contributed by atoms with Crippen LogP contribution in [0.25, 0.3) is 10.2 Å². The minimum absolute atomic E-state index is 0.201. The van der Waals surface area contributed by atoms with Crippen molar-refractivity contribution in [2.24, 2.45) is 0 Å². The summed E-state index contributed by atoms with van der Waals surface area (Å²) in [5.74, 6) is -0.978. The third kappa shape index (κ3) is 2.88. The minimum atomic E-state index is -0.978. The van der Waals surface area contributed by atoms with Crippen LogP contribution in [0.1, 0.15) is 24.2 Å². The molecule has 0 saturated heterocycles. The fourth-order valence-electron chi connectivity index (χ4n) is 1.79. The van der Waals surface area contributed by atoms with Gasteiger partial charge in [-0.05, 0) is 32.0 Å². The average Bonchev–Trinajstić information content (AvgIpc) is 2.80. The summed E-state index contributed by atoms with van der Waals surface area (Å²) in [5.41, 5.74) is 0.887.